The molecular weight excluding hydrogens is 292 g/mol. The Morgan fingerprint density at radius 3 is 3.00 bits per heavy atom. The third-order valence-corrected chi connectivity index (χ3v) is 3.70. The van der Waals surface area contributed by atoms with Gasteiger partial charge in [0.1, 0.15) is 17.7 Å². The van der Waals surface area contributed by atoms with Gasteiger partial charge in [-0.05, 0) is 43.7 Å². The molecule has 23 heavy (non-hydrogen) atoms. The van der Waals surface area contributed by atoms with Crippen LogP contribution in [0.3, 0.4) is 0 Å². The van der Waals surface area contributed by atoms with Crippen LogP contribution in [0.4, 0.5) is 10.6 Å². The number of hydrogen-bond acceptors (Lipinski definition) is 4. The number of carbonyl (C=O) groups excluding carboxylic acids is 1. The van der Waals surface area contributed by atoms with Gasteiger partial charge in [-0.15, -0.1) is 0 Å². The van der Waals surface area contributed by atoms with E-state index in [4.69, 9.17) is 4.74 Å². The van der Waals surface area contributed by atoms with Crippen LogP contribution in [0, 0.1) is 13.8 Å². The first kappa shape index (κ1) is 15.3. The van der Waals surface area contributed by atoms with E-state index in [1.807, 2.05) is 38.1 Å². The van der Waals surface area contributed by atoms with Crippen LogP contribution in [0.1, 0.15) is 17.7 Å². The van der Waals surface area contributed by atoms with E-state index in [1.165, 1.54) is 0 Å². The second-order valence-electron chi connectivity index (χ2n) is 5.76. The van der Waals surface area contributed by atoms with E-state index in [9.17, 15) is 4.79 Å². The van der Waals surface area contributed by atoms with E-state index >= 15 is 0 Å². The fourth-order valence-electron chi connectivity index (χ4n) is 2.71. The summed E-state index contributed by atoms with van der Waals surface area (Å²) in [5, 5.41) is 2.86. The molecule has 3 heterocycles. The van der Waals surface area contributed by atoms with Gasteiger partial charge >= 0.3 is 6.03 Å². The molecular formula is C17H20N4O2. The number of carbonyl (C=O) groups is 1. The smallest absolute Gasteiger partial charge is 0.323 e. The molecule has 2 aromatic rings. The molecule has 2 amide bonds. The molecule has 0 saturated carbocycles. The summed E-state index contributed by atoms with van der Waals surface area (Å²) in [6, 6.07) is 7.41. The molecule has 0 aliphatic carbocycles. The van der Waals surface area contributed by atoms with Gasteiger partial charge in [-0.1, -0.05) is 0 Å². The zero-order valence-corrected chi connectivity index (χ0v) is 13.3. The van der Waals surface area contributed by atoms with Crippen LogP contribution in [0.5, 0.6) is 5.75 Å². The highest BCUT2D eigenvalue weighted by Crippen LogP contribution is 2.18. The van der Waals surface area contributed by atoms with E-state index in [-0.39, 0.29) is 12.1 Å². The molecule has 0 aromatic carbocycles. The summed E-state index contributed by atoms with van der Waals surface area (Å²) in [4.78, 5) is 22.5. The van der Waals surface area contributed by atoms with Crippen molar-refractivity contribution in [2.75, 3.05) is 18.4 Å². The van der Waals surface area contributed by atoms with Crippen LogP contribution in [0.2, 0.25) is 0 Å². The Balaban J connectivity index is 1.57. The lowest BCUT2D eigenvalue weighted by atomic mass is 10.2. The van der Waals surface area contributed by atoms with Crippen molar-refractivity contribution in [3.8, 4) is 5.75 Å². The number of nitrogens with one attached hydrogen (secondary N) is 1. The molecule has 0 bridgehead atoms. The summed E-state index contributed by atoms with van der Waals surface area (Å²) in [5.41, 5.74) is 1.96. The van der Waals surface area contributed by atoms with Crippen molar-refractivity contribution in [3.63, 3.8) is 0 Å². The first-order valence-corrected chi connectivity index (χ1v) is 7.68. The predicted octanol–water partition coefficient (Wildman–Crippen LogP) is 2.78. The summed E-state index contributed by atoms with van der Waals surface area (Å²) >= 11 is 0. The Morgan fingerprint density at radius 1 is 1.39 bits per heavy atom. The minimum absolute atomic E-state index is 0.00263. The second-order valence-corrected chi connectivity index (χ2v) is 5.76. The molecule has 1 fully saturated rings. The summed E-state index contributed by atoms with van der Waals surface area (Å²) < 4.78 is 5.84. The molecule has 6 heteroatoms. The van der Waals surface area contributed by atoms with Crippen molar-refractivity contribution in [1.82, 2.24) is 14.9 Å². The number of ether oxygens (including phenoxy) is 1. The summed E-state index contributed by atoms with van der Waals surface area (Å²) in [6.45, 7) is 5.13. The molecule has 2 aromatic heterocycles. The minimum Gasteiger partial charge on any atom is -0.487 e. The fourth-order valence-corrected chi connectivity index (χ4v) is 2.71. The van der Waals surface area contributed by atoms with E-state index in [2.05, 4.69) is 15.3 Å². The lowest BCUT2D eigenvalue weighted by Crippen LogP contribution is -2.34. The Hall–Kier alpha value is -2.63. The van der Waals surface area contributed by atoms with Crippen LogP contribution < -0.4 is 10.1 Å². The number of aryl methyl sites for hydroxylation is 2. The molecule has 0 radical (unpaired) electrons. The van der Waals surface area contributed by atoms with Crippen molar-refractivity contribution < 1.29 is 9.53 Å². The Morgan fingerprint density at radius 2 is 2.26 bits per heavy atom. The number of urea groups is 1. The maximum absolute atomic E-state index is 12.3. The van der Waals surface area contributed by atoms with Crippen LogP contribution in [0.25, 0.3) is 0 Å². The fraction of sp³-hybridized carbons (Fsp3) is 0.353. The molecule has 0 spiro atoms. The molecule has 1 saturated heterocycles. The van der Waals surface area contributed by atoms with Crippen molar-refractivity contribution in [2.24, 2.45) is 0 Å². The molecule has 3 rings (SSSR count). The Bertz CT molecular complexity index is 670. The van der Waals surface area contributed by atoms with E-state index in [1.54, 1.807) is 17.3 Å². The Labute approximate surface area is 135 Å². The van der Waals surface area contributed by atoms with Crippen molar-refractivity contribution in [3.05, 3.63) is 47.9 Å². The topological polar surface area (TPSA) is 67.4 Å². The average Bonchev–Trinajstić information content (AvgIpc) is 2.96. The van der Waals surface area contributed by atoms with Gasteiger partial charge in [0.2, 0.25) is 0 Å². The minimum atomic E-state index is -0.139. The number of nitrogens with zero attached hydrogens (tertiary/aromatic N) is 3. The number of hydrogen-bond donors (Lipinski definition) is 1. The van der Waals surface area contributed by atoms with Gasteiger partial charge in [-0.3, -0.25) is 10.3 Å². The third-order valence-electron chi connectivity index (χ3n) is 3.70. The molecule has 1 N–H and O–H groups in total. The first-order valence-electron chi connectivity index (χ1n) is 7.68. The average molecular weight is 312 g/mol. The standard InChI is InChI=1S/C17H20N4O2/c1-12-8-13(2)19-16(9-12)20-17(22)21-7-5-15(11-21)23-14-4-3-6-18-10-14/h3-4,6,8-10,15H,5,7,11H2,1-2H3,(H,19,20,22)/t15-/m0/s1. The van der Waals surface area contributed by atoms with Gasteiger partial charge in [0.15, 0.2) is 0 Å². The normalized spacial score (nSPS) is 17.1. The highest BCUT2D eigenvalue weighted by Gasteiger charge is 2.27. The van der Waals surface area contributed by atoms with Crippen LogP contribution in [-0.2, 0) is 0 Å². The maximum Gasteiger partial charge on any atom is 0.323 e. The maximum atomic E-state index is 12.3. The third kappa shape index (κ3) is 3.97. The van der Waals surface area contributed by atoms with Gasteiger partial charge in [-0.2, -0.15) is 0 Å². The van der Waals surface area contributed by atoms with E-state index in [0.717, 1.165) is 23.4 Å². The van der Waals surface area contributed by atoms with Crippen LogP contribution in [0.15, 0.2) is 36.7 Å². The zero-order chi connectivity index (χ0) is 16.2. The quantitative estimate of drug-likeness (QED) is 0.946. The Kier molecular flexibility index (Phi) is 4.41. The largest absolute Gasteiger partial charge is 0.487 e. The van der Waals surface area contributed by atoms with Crippen LogP contribution >= 0.6 is 0 Å². The molecule has 1 atom stereocenters. The SMILES string of the molecule is Cc1cc(C)nc(NC(=O)N2CC[C@H](Oc3cccnc3)C2)c1. The number of anilines is 1. The van der Waals surface area contributed by atoms with E-state index < -0.39 is 0 Å². The molecule has 1 aliphatic heterocycles. The zero-order valence-electron chi connectivity index (χ0n) is 13.3. The van der Waals surface area contributed by atoms with Crippen LogP contribution in [-0.4, -0.2) is 40.1 Å². The monoisotopic (exact) mass is 312 g/mol. The molecule has 1 aliphatic rings. The van der Waals surface area contributed by atoms with Crippen molar-refractivity contribution in [2.45, 2.75) is 26.4 Å². The number of aromatic nitrogens is 2. The highest BCUT2D eigenvalue weighted by atomic mass is 16.5. The highest BCUT2D eigenvalue weighted by molar-refractivity contribution is 5.88. The molecule has 120 valence electrons. The van der Waals surface area contributed by atoms with Gasteiger partial charge in [0.05, 0.1) is 12.7 Å². The lowest BCUT2D eigenvalue weighted by molar-refractivity contribution is 0.194. The lowest BCUT2D eigenvalue weighted by Gasteiger charge is -2.18. The number of pyridine rings is 2. The van der Waals surface area contributed by atoms with E-state index in [0.29, 0.717) is 18.9 Å². The number of amides is 2. The first-order chi connectivity index (χ1) is 11.1. The second kappa shape index (κ2) is 6.64. The summed E-state index contributed by atoms with van der Waals surface area (Å²) in [7, 11) is 0. The molecule has 6 nitrogen and oxygen atoms in total. The number of rotatable bonds is 3. The van der Waals surface area contributed by atoms with Gasteiger partial charge < -0.3 is 9.64 Å². The van der Waals surface area contributed by atoms with Gasteiger partial charge in [0.25, 0.3) is 0 Å². The predicted molar refractivity (Wildman–Crippen MR) is 87.6 cm³/mol. The number of likely N-dealkylation sites (tertiary alicyclic amines) is 1. The van der Waals surface area contributed by atoms with Gasteiger partial charge in [0, 0.05) is 24.9 Å². The van der Waals surface area contributed by atoms with Crippen molar-refractivity contribution in [1.29, 1.82) is 0 Å². The summed E-state index contributed by atoms with van der Waals surface area (Å²) in [6.07, 6.45) is 4.19. The summed E-state index contributed by atoms with van der Waals surface area (Å²) in [5.74, 6) is 1.32. The molecule has 0 unspecified atom stereocenters. The van der Waals surface area contributed by atoms with Crippen molar-refractivity contribution >= 4 is 11.8 Å². The van der Waals surface area contributed by atoms with Gasteiger partial charge in [-0.25, -0.2) is 9.78 Å².